The Morgan fingerprint density at radius 2 is 1.58 bits per heavy atom. The lowest BCUT2D eigenvalue weighted by molar-refractivity contribution is -0.142. The highest BCUT2D eigenvalue weighted by Crippen LogP contribution is 2.24. The van der Waals surface area contributed by atoms with E-state index in [1.54, 1.807) is 24.3 Å². The Balaban J connectivity index is 2.14. The highest BCUT2D eigenvalue weighted by Gasteiger charge is 2.29. The Labute approximate surface area is 222 Å². The van der Waals surface area contributed by atoms with Crippen LogP contribution in [0.25, 0.3) is 0 Å². The summed E-state index contributed by atoms with van der Waals surface area (Å²) in [5.41, 5.74) is 1.24. The van der Waals surface area contributed by atoms with Gasteiger partial charge in [0.05, 0.1) is 22.7 Å². The van der Waals surface area contributed by atoms with Crippen molar-refractivity contribution in [3.63, 3.8) is 0 Å². The lowest BCUT2D eigenvalue weighted by atomic mass is 10.1. The number of amides is 1. The summed E-state index contributed by atoms with van der Waals surface area (Å²) in [6.45, 7) is 4.72. The van der Waals surface area contributed by atoms with Gasteiger partial charge in [-0.15, -0.1) is 0 Å². The molecule has 1 aromatic heterocycles. The fraction of sp³-hybridized carbons (Fsp3) is 0.458. The number of aromatic nitrogens is 1. The number of pyridine rings is 1. The van der Waals surface area contributed by atoms with Crippen molar-refractivity contribution in [2.75, 3.05) is 25.5 Å². The predicted octanol–water partition coefficient (Wildman–Crippen LogP) is 4.46. The maximum Gasteiger partial charge on any atom is 0.324 e. The second-order valence-corrected chi connectivity index (χ2v) is 10.7. The van der Waals surface area contributed by atoms with Gasteiger partial charge in [0.25, 0.3) is 16.1 Å². The number of nitrogens with zero attached hydrogens (tertiary/aromatic N) is 2. The number of methoxy groups -OCH3 is 1. The van der Waals surface area contributed by atoms with E-state index >= 15 is 0 Å². The second kappa shape index (κ2) is 14.5. The Bertz CT molecular complexity index is 1100. The zero-order valence-corrected chi connectivity index (χ0v) is 22.9. The molecule has 0 saturated heterocycles. The number of unbranched alkanes of at least 4 members (excludes halogenated alkanes) is 2. The molecule has 198 valence electrons. The minimum absolute atomic E-state index is 0.0670. The van der Waals surface area contributed by atoms with Crippen LogP contribution in [0.4, 0.5) is 5.69 Å². The van der Waals surface area contributed by atoms with Gasteiger partial charge < -0.3 is 10.1 Å². The van der Waals surface area contributed by atoms with Crippen molar-refractivity contribution in [2.24, 2.45) is 0 Å². The molecule has 2 rings (SSSR count). The number of ether oxygens (including phenoxy) is 1. The third-order valence-electron chi connectivity index (χ3n) is 5.37. The number of nitrogens with one attached hydrogen (secondary N) is 2. The first kappa shape index (κ1) is 30.0. The van der Waals surface area contributed by atoms with Gasteiger partial charge in [-0.25, -0.2) is 0 Å². The fourth-order valence-corrected chi connectivity index (χ4v) is 5.34. The number of anilines is 1. The smallest absolute Gasteiger partial charge is 0.324 e. The van der Waals surface area contributed by atoms with Crippen LogP contribution in [0.5, 0.6) is 0 Å². The van der Waals surface area contributed by atoms with E-state index in [0.29, 0.717) is 24.3 Å². The lowest BCUT2D eigenvalue weighted by Gasteiger charge is -2.25. The molecule has 2 N–H and O–H groups in total. The molecule has 1 aromatic carbocycles. The SMILES string of the molecule is CCCCN(CCCC)S(=O)(=O)N[C@@H](Cc1ccc(NC(=O)c2c(Cl)cncc2Cl)cc1)C(=O)OC. The maximum absolute atomic E-state index is 13.1. The Morgan fingerprint density at radius 3 is 2.08 bits per heavy atom. The molecule has 12 heteroatoms. The van der Waals surface area contributed by atoms with Gasteiger partial charge in [-0.2, -0.15) is 17.4 Å². The van der Waals surface area contributed by atoms with E-state index in [2.05, 4.69) is 15.0 Å². The largest absolute Gasteiger partial charge is 0.468 e. The number of hydrogen-bond donors (Lipinski definition) is 2. The van der Waals surface area contributed by atoms with Crippen LogP contribution in [-0.4, -0.2) is 55.8 Å². The first-order valence-corrected chi connectivity index (χ1v) is 13.9. The van der Waals surface area contributed by atoms with E-state index in [0.717, 1.165) is 25.7 Å². The highest BCUT2D eigenvalue weighted by atomic mass is 35.5. The first-order valence-electron chi connectivity index (χ1n) is 11.7. The molecular formula is C24H32Cl2N4O5S. The molecular weight excluding hydrogens is 527 g/mol. The molecule has 0 bridgehead atoms. The van der Waals surface area contributed by atoms with Crippen LogP contribution >= 0.6 is 23.2 Å². The van der Waals surface area contributed by atoms with E-state index in [-0.39, 0.29) is 22.0 Å². The highest BCUT2D eigenvalue weighted by molar-refractivity contribution is 7.87. The van der Waals surface area contributed by atoms with Crippen molar-refractivity contribution in [3.05, 3.63) is 57.8 Å². The third-order valence-corrected chi connectivity index (χ3v) is 7.57. The standard InChI is InChI=1S/C24H32Cl2N4O5S/c1-4-6-12-30(13-7-5-2)36(33,34)29-21(24(32)35-3)14-17-8-10-18(11-9-17)28-23(31)22-19(25)15-27-16-20(22)26/h8-11,15-16,21,29H,4-7,12-14H2,1-3H3,(H,28,31)/t21-/m0/s1. The summed E-state index contributed by atoms with van der Waals surface area (Å²) in [6, 6.07) is 5.52. The zero-order chi connectivity index (χ0) is 26.7. The molecule has 0 saturated carbocycles. The van der Waals surface area contributed by atoms with Crippen molar-refractivity contribution < 1.29 is 22.7 Å². The Hall–Kier alpha value is -2.24. The van der Waals surface area contributed by atoms with E-state index in [1.165, 1.54) is 23.8 Å². The molecule has 0 unspecified atom stereocenters. The molecule has 0 spiro atoms. The summed E-state index contributed by atoms with van der Waals surface area (Å²) in [6.07, 6.45) is 5.85. The number of carbonyl (C=O) groups is 2. The van der Waals surface area contributed by atoms with Crippen LogP contribution in [0.2, 0.25) is 10.0 Å². The van der Waals surface area contributed by atoms with Gasteiger partial charge in [-0.05, 0) is 37.0 Å². The molecule has 36 heavy (non-hydrogen) atoms. The van der Waals surface area contributed by atoms with Gasteiger partial charge in [0.1, 0.15) is 6.04 Å². The minimum atomic E-state index is -3.91. The minimum Gasteiger partial charge on any atom is -0.468 e. The van der Waals surface area contributed by atoms with E-state index in [1.807, 2.05) is 13.8 Å². The molecule has 0 aliphatic heterocycles. The number of rotatable bonds is 14. The fourth-order valence-electron chi connectivity index (χ4n) is 3.37. The molecule has 1 atom stereocenters. The van der Waals surface area contributed by atoms with Crippen molar-refractivity contribution in [3.8, 4) is 0 Å². The average Bonchev–Trinajstić information content (AvgIpc) is 2.84. The molecule has 9 nitrogen and oxygen atoms in total. The quantitative estimate of drug-likeness (QED) is 0.330. The van der Waals surface area contributed by atoms with E-state index in [9.17, 15) is 18.0 Å². The Morgan fingerprint density at radius 1 is 1.03 bits per heavy atom. The zero-order valence-electron chi connectivity index (χ0n) is 20.6. The summed E-state index contributed by atoms with van der Waals surface area (Å²) >= 11 is 12.1. The number of hydrogen-bond acceptors (Lipinski definition) is 6. The maximum atomic E-state index is 13.1. The van der Waals surface area contributed by atoms with Gasteiger partial charge in [0.2, 0.25) is 0 Å². The topological polar surface area (TPSA) is 118 Å². The van der Waals surface area contributed by atoms with Gasteiger partial charge in [-0.3, -0.25) is 14.6 Å². The van der Waals surface area contributed by atoms with Crippen LogP contribution in [0.1, 0.15) is 55.5 Å². The molecule has 1 heterocycles. The third kappa shape index (κ3) is 8.70. The van der Waals surface area contributed by atoms with Gasteiger partial charge in [0, 0.05) is 31.2 Å². The van der Waals surface area contributed by atoms with Crippen LogP contribution in [0.3, 0.4) is 0 Å². The number of esters is 1. The molecule has 0 fully saturated rings. The molecule has 0 aliphatic rings. The monoisotopic (exact) mass is 558 g/mol. The van der Waals surface area contributed by atoms with E-state index < -0.39 is 28.1 Å². The summed E-state index contributed by atoms with van der Waals surface area (Å²) in [5.74, 6) is -1.19. The number of halogens is 2. The summed E-state index contributed by atoms with van der Waals surface area (Å²) in [4.78, 5) is 28.8. The van der Waals surface area contributed by atoms with Crippen molar-refractivity contribution in [1.82, 2.24) is 14.0 Å². The normalized spacial score (nSPS) is 12.4. The number of benzene rings is 1. The molecule has 2 aromatic rings. The van der Waals surface area contributed by atoms with Crippen LogP contribution < -0.4 is 10.0 Å². The molecule has 0 aliphatic carbocycles. The number of carbonyl (C=O) groups excluding carboxylic acids is 2. The summed E-state index contributed by atoms with van der Waals surface area (Å²) in [5, 5.41) is 2.95. The van der Waals surface area contributed by atoms with Crippen LogP contribution in [0.15, 0.2) is 36.7 Å². The first-order chi connectivity index (χ1) is 17.1. The van der Waals surface area contributed by atoms with Crippen molar-refractivity contribution in [1.29, 1.82) is 0 Å². The van der Waals surface area contributed by atoms with E-state index in [4.69, 9.17) is 27.9 Å². The second-order valence-electron chi connectivity index (χ2n) is 8.14. The van der Waals surface area contributed by atoms with Crippen molar-refractivity contribution >= 4 is 51.0 Å². The van der Waals surface area contributed by atoms with Crippen molar-refractivity contribution in [2.45, 2.75) is 52.0 Å². The lowest BCUT2D eigenvalue weighted by Crippen LogP contribution is -2.50. The van der Waals surface area contributed by atoms with Crippen LogP contribution in [-0.2, 0) is 26.2 Å². The van der Waals surface area contributed by atoms with Crippen LogP contribution in [0, 0.1) is 0 Å². The predicted molar refractivity (Wildman–Crippen MR) is 142 cm³/mol. The molecule has 1 amide bonds. The molecule has 0 radical (unpaired) electrons. The van der Waals surface area contributed by atoms with Gasteiger partial charge in [0.15, 0.2) is 0 Å². The van der Waals surface area contributed by atoms with Gasteiger partial charge >= 0.3 is 5.97 Å². The average molecular weight is 560 g/mol. The van der Waals surface area contributed by atoms with Gasteiger partial charge in [-0.1, -0.05) is 62.0 Å². The Kier molecular flexibility index (Phi) is 12.1. The summed E-state index contributed by atoms with van der Waals surface area (Å²) < 4.78 is 34.9. The summed E-state index contributed by atoms with van der Waals surface area (Å²) in [7, 11) is -2.70.